The fraction of sp³-hybridized carbons (Fsp3) is 0.467. The highest BCUT2D eigenvalue weighted by Gasteiger charge is 2.20. The summed E-state index contributed by atoms with van der Waals surface area (Å²) in [5.74, 6) is -0.249. The number of likely N-dealkylation sites (tertiary alicyclic amines) is 1. The van der Waals surface area contributed by atoms with Gasteiger partial charge in [0.25, 0.3) is 0 Å². The predicted octanol–water partition coefficient (Wildman–Crippen LogP) is 1.78. The van der Waals surface area contributed by atoms with E-state index in [1.54, 1.807) is 6.07 Å². The van der Waals surface area contributed by atoms with Crippen LogP contribution in [-0.2, 0) is 11.3 Å². The highest BCUT2D eigenvalue weighted by molar-refractivity contribution is 5.73. The highest BCUT2D eigenvalue weighted by Crippen LogP contribution is 2.22. The maximum absolute atomic E-state index is 13.4. The second kappa shape index (κ2) is 6.49. The van der Waals surface area contributed by atoms with Crippen LogP contribution in [0.2, 0.25) is 0 Å². The summed E-state index contributed by atoms with van der Waals surface area (Å²) in [5, 5.41) is 8.84. The van der Waals surface area contributed by atoms with Crippen LogP contribution < -0.4 is 5.73 Å². The molecule has 0 aromatic heterocycles. The number of nitriles is 1. The molecule has 1 aromatic rings. The fourth-order valence-electron chi connectivity index (χ4n) is 2.70. The predicted molar refractivity (Wildman–Crippen MR) is 72.9 cm³/mol. The summed E-state index contributed by atoms with van der Waals surface area (Å²) in [4.78, 5) is 13.1. The molecule has 5 heteroatoms. The molecule has 1 aromatic carbocycles. The Morgan fingerprint density at radius 3 is 2.70 bits per heavy atom. The van der Waals surface area contributed by atoms with Crippen LogP contribution in [0.4, 0.5) is 4.39 Å². The summed E-state index contributed by atoms with van der Waals surface area (Å²) in [6.45, 7) is 2.38. The molecule has 1 heterocycles. The smallest absolute Gasteiger partial charge is 0.217 e. The van der Waals surface area contributed by atoms with Crippen molar-refractivity contribution in [2.45, 2.75) is 25.8 Å². The van der Waals surface area contributed by atoms with E-state index in [1.165, 1.54) is 12.1 Å². The molecule has 2 N–H and O–H groups in total. The first kappa shape index (κ1) is 14.5. The zero-order valence-electron chi connectivity index (χ0n) is 11.3. The SMILES string of the molecule is N#Cc1cc(F)cc(CN2CCC(CC(N)=O)CC2)c1. The molecule has 1 amide bonds. The minimum atomic E-state index is -0.373. The van der Waals surface area contributed by atoms with E-state index in [9.17, 15) is 9.18 Å². The Hall–Kier alpha value is -1.93. The van der Waals surface area contributed by atoms with Crippen LogP contribution in [0.3, 0.4) is 0 Å². The van der Waals surface area contributed by atoms with Crippen LogP contribution in [0.25, 0.3) is 0 Å². The molecule has 1 saturated heterocycles. The Kier molecular flexibility index (Phi) is 4.70. The van der Waals surface area contributed by atoms with Crippen molar-refractivity contribution in [1.29, 1.82) is 5.26 Å². The normalized spacial score (nSPS) is 16.8. The van der Waals surface area contributed by atoms with Gasteiger partial charge in [0.15, 0.2) is 0 Å². The van der Waals surface area contributed by atoms with Crippen LogP contribution in [0.5, 0.6) is 0 Å². The molecule has 1 aliphatic rings. The van der Waals surface area contributed by atoms with E-state index < -0.39 is 0 Å². The van der Waals surface area contributed by atoms with Gasteiger partial charge in [0.2, 0.25) is 5.91 Å². The lowest BCUT2D eigenvalue weighted by atomic mass is 9.93. The molecule has 20 heavy (non-hydrogen) atoms. The molecule has 1 fully saturated rings. The lowest BCUT2D eigenvalue weighted by Crippen LogP contribution is -2.34. The summed E-state index contributed by atoms with van der Waals surface area (Å²) in [6.07, 6.45) is 2.32. The maximum atomic E-state index is 13.4. The Bertz CT molecular complexity index is 530. The quantitative estimate of drug-likeness (QED) is 0.910. The van der Waals surface area contributed by atoms with Crippen molar-refractivity contribution in [3.63, 3.8) is 0 Å². The average Bonchev–Trinajstić information content (AvgIpc) is 2.39. The third-order valence-corrected chi connectivity index (χ3v) is 3.69. The third kappa shape index (κ3) is 4.04. The highest BCUT2D eigenvalue weighted by atomic mass is 19.1. The summed E-state index contributed by atoms with van der Waals surface area (Å²) < 4.78 is 13.4. The van der Waals surface area contributed by atoms with E-state index in [1.807, 2.05) is 6.07 Å². The first-order valence-electron chi connectivity index (χ1n) is 6.77. The Morgan fingerprint density at radius 1 is 1.40 bits per heavy atom. The molecule has 0 atom stereocenters. The molecule has 0 radical (unpaired) electrons. The number of nitrogens with zero attached hydrogens (tertiary/aromatic N) is 2. The van der Waals surface area contributed by atoms with E-state index in [0.29, 0.717) is 24.4 Å². The molecule has 4 nitrogen and oxygen atoms in total. The summed E-state index contributed by atoms with van der Waals surface area (Å²) in [7, 11) is 0. The molecule has 0 bridgehead atoms. The number of halogens is 1. The number of benzene rings is 1. The van der Waals surface area contributed by atoms with Crippen molar-refractivity contribution in [3.8, 4) is 6.07 Å². The van der Waals surface area contributed by atoms with Crippen LogP contribution in [0, 0.1) is 23.1 Å². The lowest BCUT2D eigenvalue weighted by Gasteiger charge is -2.31. The number of carbonyl (C=O) groups is 1. The summed E-state index contributed by atoms with van der Waals surface area (Å²) in [6, 6.07) is 6.39. The second-order valence-corrected chi connectivity index (χ2v) is 5.35. The van der Waals surface area contributed by atoms with Gasteiger partial charge in [0, 0.05) is 13.0 Å². The number of nitrogens with two attached hydrogens (primary N) is 1. The van der Waals surface area contributed by atoms with Gasteiger partial charge in [-0.2, -0.15) is 5.26 Å². The van der Waals surface area contributed by atoms with E-state index in [2.05, 4.69) is 4.90 Å². The molecule has 0 saturated carbocycles. The molecule has 0 aliphatic carbocycles. The molecule has 0 spiro atoms. The van der Waals surface area contributed by atoms with Gasteiger partial charge < -0.3 is 5.73 Å². The van der Waals surface area contributed by atoms with Gasteiger partial charge in [-0.1, -0.05) is 0 Å². The number of hydrogen-bond acceptors (Lipinski definition) is 3. The number of piperidine rings is 1. The number of hydrogen-bond donors (Lipinski definition) is 1. The minimum absolute atomic E-state index is 0.243. The first-order valence-corrected chi connectivity index (χ1v) is 6.77. The minimum Gasteiger partial charge on any atom is -0.370 e. The summed E-state index contributed by atoms with van der Waals surface area (Å²) >= 11 is 0. The van der Waals surface area contributed by atoms with Gasteiger partial charge in [-0.05, 0) is 55.6 Å². The van der Waals surface area contributed by atoms with Gasteiger partial charge in [0.05, 0.1) is 11.6 Å². The van der Waals surface area contributed by atoms with E-state index in [-0.39, 0.29) is 11.7 Å². The zero-order chi connectivity index (χ0) is 14.5. The molecule has 0 unspecified atom stereocenters. The van der Waals surface area contributed by atoms with Crippen LogP contribution in [-0.4, -0.2) is 23.9 Å². The van der Waals surface area contributed by atoms with Crippen LogP contribution in [0.15, 0.2) is 18.2 Å². The van der Waals surface area contributed by atoms with Crippen molar-refractivity contribution in [3.05, 3.63) is 35.1 Å². The zero-order valence-corrected chi connectivity index (χ0v) is 11.3. The van der Waals surface area contributed by atoms with Gasteiger partial charge >= 0.3 is 0 Å². The first-order chi connectivity index (χ1) is 9.56. The number of primary amides is 1. The molecular formula is C15H18FN3O. The largest absolute Gasteiger partial charge is 0.370 e. The monoisotopic (exact) mass is 275 g/mol. The van der Waals surface area contributed by atoms with Gasteiger partial charge in [-0.3, -0.25) is 9.69 Å². The van der Waals surface area contributed by atoms with Gasteiger partial charge in [0.1, 0.15) is 5.82 Å². The van der Waals surface area contributed by atoms with Gasteiger partial charge in [-0.25, -0.2) is 4.39 Å². The summed E-state index contributed by atoms with van der Waals surface area (Å²) in [5.41, 5.74) is 6.37. The van der Waals surface area contributed by atoms with Crippen molar-refractivity contribution < 1.29 is 9.18 Å². The molecular weight excluding hydrogens is 257 g/mol. The van der Waals surface area contributed by atoms with E-state index in [4.69, 9.17) is 11.0 Å². The van der Waals surface area contributed by atoms with Crippen LogP contribution in [0.1, 0.15) is 30.4 Å². The lowest BCUT2D eigenvalue weighted by molar-refractivity contribution is -0.119. The maximum Gasteiger partial charge on any atom is 0.217 e. The van der Waals surface area contributed by atoms with Crippen molar-refractivity contribution in [1.82, 2.24) is 4.90 Å². The fourth-order valence-corrected chi connectivity index (χ4v) is 2.70. The number of amides is 1. The van der Waals surface area contributed by atoms with E-state index >= 15 is 0 Å². The molecule has 106 valence electrons. The van der Waals surface area contributed by atoms with Crippen molar-refractivity contribution in [2.75, 3.05) is 13.1 Å². The standard InChI is InChI=1S/C15H18FN3O/c16-14-6-12(9-17)5-13(7-14)10-19-3-1-11(2-4-19)8-15(18)20/h5-7,11H,1-4,8,10H2,(H2,18,20). The number of rotatable bonds is 4. The van der Waals surface area contributed by atoms with Crippen molar-refractivity contribution in [2.24, 2.45) is 11.7 Å². The Labute approximate surface area is 118 Å². The topological polar surface area (TPSA) is 70.1 Å². The Morgan fingerprint density at radius 2 is 2.10 bits per heavy atom. The van der Waals surface area contributed by atoms with E-state index in [0.717, 1.165) is 31.5 Å². The molecule has 2 rings (SSSR count). The van der Waals surface area contributed by atoms with Crippen molar-refractivity contribution >= 4 is 5.91 Å². The molecule has 1 aliphatic heterocycles. The Balaban J connectivity index is 1.91. The van der Waals surface area contributed by atoms with Gasteiger partial charge in [-0.15, -0.1) is 0 Å². The average molecular weight is 275 g/mol. The second-order valence-electron chi connectivity index (χ2n) is 5.35. The third-order valence-electron chi connectivity index (χ3n) is 3.69. The van der Waals surface area contributed by atoms with Crippen LogP contribution >= 0.6 is 0 Å². The number of carbonyl (C=O) groups excluding carboxylic acids is 1.